The van der Waals surface area contributed by atoms with Crippen LogP contribution in [0.25, 0.3) is 11.1 Å². The average molecular weight is 295 g/mol. The molecule has 8 heteroatoms. The van der Waals surface area contributed by atoms with E-state index in [0.29, 0.717) is 0 Å². The molecule has 0 bridgehead atoms. The van der Waals surface area contributed by atoms with Gasteiger partial charge in [-0.05, 0) is 6.07 Å². The first-order chi connectivity index (χ1) is 8.84. The molecular weight excluding hydrogens is 291 g/mol. The largest absolute Gasteiger partial charge is 0.382 e. The van der Waals surface area contributed by atoms with Crippen LogP contribution in [-0.2, 0) is 0 Å². The summed E-state index contributed by atoms with van der Waals surface area (Å²) in [7, 11) is 0. The highest BCUT2D eigenvalue weighted by atomic mass is 35.5. The van der Waals surface area contributed by atoms with E-state index in [1.165, 1.54) is 0 Å². The smallest absolute Gasteiger partial charge is 0.200 e. The number of pyridine rings is 1. The van der Waals surface area contributed by atoms with Crippen molar-refractivity contribution in [2.75, 3.05) is 5.73 Å². The standard InChI is InChI=1S/C11H4ClF5N2/c12-4-1-3(2-19-11(4)18)5-6(13)8(15)10(17)9(16)7(5)14/h1-2H,(H2,18,19). The van der Waals surface area contributed by atoms with Crippen LogP contribution in [0.15, 0.2) is 12.3 Å². The molecule has 0 radical (unpaired) electrons. The Balaban J connectivity index is 2.79. The summed E-state index contributed by atoms with van der Waals surface area (Å²) < 4.78 is 65.9. The molecule has 1 heterocycles. The number of anilines is 1. The van der Waals surface area contributed by atoms with Gasteiger partial charge >= 0.3 is 0 Å². The summed E-state index contributed by atoms with van der Waals surface area (Å²) in [6, 6.07) is 0.960. The zero-order valence-electron chi connectivity index (χ0n) is 8.95. The maximum atomic E-state index is 13.5. The number of nitrogen functional groups attached to an aromatic ring is 1. The van der Waals surface area contributed by atoms with Gasteiger partial charge in [0.15, 0.2) is 23.3 Å². The molecule has 0 spiro atoms. The van der Waals surface area contributed by atoms with Crippen LogP contribution in [0.1, 0.15) is 0 Å². The molecule has 0 saturated carbocycles. The van der Waals surface area contributed by atoms with Crippen LogP contribution in [0.5, 0.6) is 0 Å². The number of hydrogen-bond donors (Lipinski definition) is 1. The normalized spacial score (nSPS) is 10.8. The summed E-state index contributed by atoms with van der Waals surface area (Å²) in [5, 5.41) is -0.165. The summed E-state index contributed by atoms with van der Waals surface area (Å²) in [6.45, 7) is 0. The summed E-state index contributed by atoms with van der Waals surface area (Å²) >= 11 is 5.59. The lowest BCUT2D eigenvalue weighted by Gasteiger charge is -2.08. The van der Waals surface area contributed by atoms with Gasteiger partial charge in [0.2, 0.25) is 5.82 Å². The molecule has 2 aromatic rings. The lowest BCUT2D eigenvalue weighted by Crippen LogP contribution is -2.04. The lowest BCUT2D eigenvalue weighted by molar-refractivity contribution is 0.381. The minimum absolute atomic E-state index is 0.130. The first-order valence-electron chi connectivity index (χ1n) is 4.77. The molecule has 0 aliphatic carbocycles. The van der Waals surface area contributed by atoms with Gasteiger partial charge in [-0.15, -0.1) is 0 Å². The molecule has 0 fully saturated rings. The van der Waals surface area contributed by atoms with E-state index in [9.17, 15) is 22.0 Å². The van der Waals surface area contributed by atoms with E-state index in [1.54, 1.807) is 0 Å². The number of nitrogens with zero attached hydrogens (tertiary/aromatic N) is 1. The van der Waals surface area contributed by atoms with E-state index in [-0.39, 0.29) is 16.4 Å². The maximum absolute atomic E-state index is 13.5. The van der Waals surface area contributed by atoms with Gasteiger partial charge in [0.25, 0.3) is 0 Å². The molecule has 1 aromatic carbocycles. The molecule has 2 rings (SSSR count). The third-order valence-electron chi connectivity index (χ3n) is 2.37. The number of benzene rings is 1. The molecule has 0 aliphatic rings. The Labute approximate surface area is 108 Å². The molecule has 0 amide bonds. The second-order valence-corrected chi connectivity index (χ2v) is 3.94. The number of rotatable bonds is 1. The van der Waals surface area contributed by atoms with Crippen molar-refractivity contribution in [2.45, 2.75) is 0 Å². The van der Waals surface area contributed by atoms with Crippen molar-refractivity contribution in [3.05, 3.63) is 46.4 Å². The van der Waals surface area contributed by atoms with Gasteiger partial charge in [0.05, 0.1) is 10.6 Å². The predicted molar refractivity (Wildman–Crippen MR) is 58.9 cm³/mol. The van der Waals surface area contributed by atoms with Crippen LogP contribution in [0.3, 0.4) is 0 Å². The van der Waals surface area contributed by atoms with Crippen molar-refractivity contribution < 1.29 is 22.0 Å². The molecule has 0 atom stereocenters. The molecule has 0 saturated heterocycles. The van der Waals surface area contributed by atoms with E-state index in [2.05, 4.69) is 4.98 Å². The molecule has 2 N–H and O–H groups in total. The van der Waals surface area contributed by atoms with Crippen molar-refractivity contribution in [3.63, 3.8) is 0 Å². The van der Waals surface area contributed by atoms with E-state index in [1.807, 2.05) is 0 Å². The third-order valence-corrected chi connectivity index (χ3v) is 2.67. The van der Waals surface area contributed by atoms with E-state index >= 15 is 0 Å². The van der Waals surface area contributed by atoms with Gasteiger partial charge in [-0.2, -0.15) is 0 Å². The Morgan fingerprint density at radius 3 is 1.84 bits per heavy atom. The highest BCUT2D eigenvalue weighted by molar-refractivity contribution is 6.33. The molecule has 2 nitrogen and oxygen atoms in total. The lowest BCUT2D eigenvalue weighted by atomic mass is 10.1. The van der Waals surface area contributed by atoms with E-state index in [4.69, 9.17) is 17.3 Å². The van der Waals surface area contributed by atoms with Gasteiger partial charge in [-0.25, -0.2) is 26.9 Å². The van der Waals surface area contributed by atoms with Crippen LogP contribution in [0.4, 0.5) is 27.8 Å². The molecule has 1 aromatic heterocycles. The molecular formula is C11H4ClF5N2. The Morgan fingerprint density at radius 2 is 1.37 bits per heavy atom. The zero-order chi connectivity index (χ0) is 14.3. The fourth-order valence-corrected chi connectivity index (χ4v) is 1.61. The number of hydrogen-bond acceptors (Lipinski definition) is 2. The molecule has 0 unspecified atom stereocenters. The predicted octanol–water partition coefficient (Wildman–Crippen LogP) is 3.68. The van der Waals surface area contributed by atoms with Crippen molar-refractivity contribution in [1.29, 1.82) is 0 Å². The van der Waals surface area contributed by atoms with Crippen LogP contribution in [0.2, 0.25) is 5.02 Å². The Bertz CT molecular complexity index is 646. The SMILES string of the molecule is Nc1ncc(-c2c(F)c(F)c(F)c(F)c2F)cc1Cl. The quantitative estimate of drug-likeness (QED) is 0.495. The van der Waals surface area contributed by atoms with Crippen LogP contribution in [-0.4, -0.2) is 4.98 Å². The first kappa shape index (κ1) is 13.5. The van der Waals surface area contributed by atoms with Crippen LogP contribution in [0, 0.1) is 29.1 Å². The van der Waals surface area contributed by atoms with Crippen LogP contribution < -0.4 is 5.73 Å². The van der Waals surface area contributed by atoms with Crippen molar-refractivity contribution >= 4 is 17.4 Å². The molecule has 0 aliphatic heterocycles. The second-order valence-electron chi connectivity index (χ2n) is 3.54. The van der Waals surface area contributed by atoms with Gasteiger partial charge in [0, 0.05) is 11.8 Å². The highest BCUT2D eigenvalue weighted by Crippen LogP contribution is 2.33. The molecule has 19 heavy (non-hydrogen) atoms. The monoisotopic (exact) mass is 294 g/mol. The van der Waals surface area contributed by atoms with Gasteiger partial charge in [-0.1, -0.05) is 11.6 Å². The highest BCUT2D eigenvalue weighted by Gasteiger charge is 2.26. The fourth-order valence-electron chi connectivity index (χ4n) is 1.44. The number of nitrogens with two attached hydrogens (primary N) is 1. The second kappa shape index (κ2) is 4.65. The Kier molecular flexibility index (Phi) is 3.32. The average Bonchev–Trinajstić information content (AvgIpc) is 2.38. The van der Waals surface area contributed by atoms with Crippen molar-refractivity contribution in [3.8, 4) is 11.1 Å². The minimum Gasteiger partial charge on any atom is -0.382 e. The zero-order valence-corrected chi connectivity index (χ0v) is 9.70. The maximum Gasteiger partial charge on any atom is 0.200 e. The third kappa shape index (κ3) is 2.10. The topological polar surface area (TPSA) is 38.9 Å². The minimum atomic E-state index is -2.23. The number of halogens is 6. The Hall–Kier alpha value is -1.89. The van der Waals surface area contributed by atoms with Crippen molar-refractivity contribution in [1.82, 2.24) is 4.98 Å². The van der Waals surface area contributed by atoms with Crippen LogP contribution >= 0.6 is 11.6 Å². The summed E-state index contributed by atoms with van der Waals surface area (Å²) in [6.07, 6.45) is 0.861. The Morgan fingerprint density at radius 1 is 0.895 bits per heavy atom. The summed E-state index contributed by atoms with van der Waals surface area (Å²) in [5.74, 6) is -10.4. The summed E-state index contributed by atoms with van der Waals surface area (Å²) in [4.78, 5) is 3.49. The van der Waals surface area contributed by atoms with Gasteiger partial charge < -0.3 is 5.73 Å². The number of aromatic nitrogens is 1. The summed E-state index contributed by atoms with van der Waals surface area (Å²) in [5.41, 5.74) is 3.81. The fraction of sp³-hybridized carbons (Fsp3) is 0. The van der Waals surface area contributed by atoms with Gasteiger partial charge in [-0.3, -0.25) is 0 Å². The van der Waals surface area contributed by atoms with Crippen molar-refractivity contribution in [2.24, 2.45) is 0 Å². The molecule has 100 valence electrons. The first-order valence-corrected chi connectivity index (χ1v) is 5.15. The van der Waals surface area contributed by atoms with Gasteiger partial charge in [0.1, 0.15) is 5.82 Å². The van der Waals surface area contributed by atoms with E-state index < -0.39 is 34.6 Å². The van der Waals surface area contributed by atoms with E-state index in [0.717, 1.165) is 12.3 Å².